The zero-order valence-corrected chi connectivity index (χ0v) is 11.8. The standard InChI is InChI=1S/C14H12F3N3O2/c1-20(2)13(21)10-4-3-5-11(12(10)14(15,16)17)22-9-6-18-8-19-7-9/h3-8H,1-2H3. The minimum Gasteiger partial charge on any atom is -0.453 e. The van der Waals surface area contributed by atoms with Gasteiger partial charge in [0.15, 0.2) is 5.75 Å². The Hall–Kier alpha value is -2.64. The molecule has 0 spiro atoms. The fourth-order valence-corrected chi connectivity index (χ4v) is 1.79. The highest BCUT2D eigenvalue weighted by atomic mass is 19.4. The molecule has 0 radical (unpaired) electrons. The van der Waals surface area contributed by atoms with Crippen molar-refractivity contribution in [3.63, 3.8) is 0 Å². The van der Waals surface area contributed by atoms with Crippen molar-refractivity contribution in [1.82, 2.24) is 14.9 Å². The van der Waals surface area contributed by atoms with Crippen molar-refractivity contribution in [2.75, 3.05) is 14.1 Å². The van der Waals surface area contributed by atoms with Crippen LogP contribution in [0.25, 0.3) is 0 Å². The average Bonchev–Trinajstić information content (AvgIpc) is 2.46. The minimum atomic E-state index is -4.74. The predicted octanol–water partition coefficient (Wildman–Crippen LogP) is 2.99. The number of carbonyl (C=O) groups excluding carboxylic acids is 1. The van der Waals surface area contributed by atoms with Gasteiger partial charge in [-0.15, -0.1) is 0 Å². The highest BCUT2D eigenvalue weighted by Crippen LogP contribution is 2.40. The van der Waals surface area contributed by atoms with E-state index in [1.54, 1.807) is 0 Å². The number of ether oxygens (including phenoxy) is 1. The van der Waals surface area contributed by atoms with Crippen LogP contribution in [0.15, 0.2) is 36.9 Å². The normalized spacial score (nSPS) is 11.1. The maximum absolute atomic E-state index is 13.4. The number of hydrogen-bond donors (Lipinski definition) is 0. The molecule has 0 saturated heterocycles. The number of alkyl halides is 3. The Morgan fingerprint density at radius 1 is 1.18 bits per heavy atom. The average molecular weight is 311 g/mol. The molecule has 0 fully saturated rings. The molecule has 0 saturated carbocycles. The van der Waals surface area contributed by atoms with Crippen molar-refractivity contribution in [3.05, 3.63) is 48.0 Å². The molecule has 2 aromatic rings. The first-order chi connectivity index (χ1) is 10.3. The first-order valence-electron chi connectivity index (χ1n) is 6.15. The summed E-state index contributed by atoms with van der Waals surface area (Å²) in [5.41, 5.74) is -1.61. The lowest BCUT2D eigenvalue weighted by atomic mass is 10.0. The van der Waals surface area contributed by atoms with Gasteiger partial charge in [-0.05, 0) is 12.1 Å². The lowest BCUT2D eigenvalue weighted by molar-refractivity contribution is -0.139. The van der Waals surface area contributed by atoms with E-state index in [-0.39, 0.29) is 5.75 Å². The second kappa shape index (κ2) is 6.00. The fourth-order valence-electron chi connectivity index (χ4n) is 1.79. The van der Waals surface area contributed by atoms with Gasteiger partial charge in [-0.25, -0.2) is 9.97 Å². The van der Waals surface area contributed by atoms with Crippen molar-refractivity contribution < 1.29 is 22.7 Å². The van der Waals surface area contributed by atoms with Crippen LogP contribution < -0.4 is 4.74 Å². The van der Waals surface area contributed by atoms with Crippen LogP contribution in [0.3, 0.4) is 0 Å². The zero-order chi connectivity index (χ0) is 16.3. The van der Waals surface area contributed by atoms with Gasteiger partial charge in [0.25, 0.3) is 5.91 Å². The smallest absolute Gasteiger partial charge is 0.420 e. The summed E-state index contributed by atoms with van der Waals surface area (Å²) in [4.78, 5) is 20.4. The number of nitrogens with zero attached hydrogens (tertiary/aromatic N) is 3. The molecule has 0 atom stereocenters. The first kappa shape index (κ1) is 15.7. The number of aromatic nitrogens is 2. The Kier molecular flexibility index (Phi) is 4.30. The Balaban J connectivity index is 2.54. The van der Waals surface area contributed by atoms with Crippen LogP contribution in [-0.2, 0) is 6.18 Å². The maximum atomic E-state index is 13.4. The Bertz CT molecular complexity index is 673. The van der Waals surface area contributed by atoms with Gasteiger partial charge in [0.2, 0.25) is 0 Å². The highest BCUT2D eigenvalue weighted by molar-refractivity contribution is 5.96. The highest BCUT2D eigenvalue weighted by Gasteiger charge is 2.39. The van der Waals surface area contributed by atoms with Gasteiger partial charge >= 0.3 is 6.18 Å². The zero-order valence-electron chi connectivity index (χ0n) is 11.8. The molecule has 1 aromatic heterocycles. The van der Waals surface area contributed by atoms with Gasteiger partial charge in [-0.2, -0.15) is 13.2 Å². The van der Waals surface area contributed by atoms with Crippen LogP contribution >= 0.6 is 0 Å². The van der Waals surface area contributed by atoms with Crippen LogP contribution in [0, 0.1) is 0 Å². The molecule has 0 unspecified atom stereocenters. The van der Waals surface area contributed by atoms with Gasteiger partial charge in [0.05, 0.1) is 18.0 Å². The summed E-state index contributed by atoms with van der Waals surface area (Å²) in [6.45, 7) is 0. The van der Waals surface area contributed by atoms with Crippen molar-refractivity contribution >= 4 is 5.91 Å². The second-order valence-corrected chi connectivity index (χ2v) is 4.55. The lowest BCUT2D eigenvalue weighted by Gasteiger charge is -2.19. The minimum absolute atomic E-state index is 0.0439. The second-order valence-electron chi connectivity index (χ2n) is 4.55. The topological polar surface area (TPSA) is 55.3 Å². The number of amides is 1. The maximum Gasteiger partial charge on any atom is 0.420 e. The first-order valence-corrected chi connectivity index (χ1v) is 6.15. The van der Waals surface area contributed by atoms with Crippen LogP contribution in [-0.4, -0.2) is 34.9 Å². The Labute approximate surface area is 124 Å². The van der Waals surface area contributed by atoms with Gasteiger partial charge < -0.3 is 9.64 Å². The third kappa shape index (κ3) is 3.33. The molecule has 0 N–H and O–H groups in total. The Morgan fingerprint density at radius 2 is 1.82 bits per heavy atom. The van der Waals surface area contributed by atoms with Crippen molar-refractivity contribution in [2.24, 2.45) is 0 Å². The molecule has 0 aliphatic rings. The van der Waals surface area contributed by atoms with E-state index in [2.05, 4.69) is 9.97 Å². The molecular weight excluding hydrogens is 299 g/mol. The molecule has 1 heterocycles. The van der Waals surface area contributed by atoms with E-state index >= 15 is 0 Å². The fraction of sp³-hybridized carbons (Fsp3) is 0.214. The van der Waals surface area contributed by atoms with E-state index in [1.165, 1.54) is 38.9 Å². The number of halogens is 3. The third-order valence-electron chi connectivity index (χ3n) is 2.71. The van der Waals surface area contributed by atoms with Crippen molar-refractivity contribution in [3.8, 4) is 11.5 Å². The van der Waals surface area contributed by atoms with E-state index in [4.69, 9.17) is 4.74 Å². The Morgan fingerprint density at radius 3 is 2.36 bits per heavy atom. The summed E-state index contributed by atoms with van der Waals surface area (Å²) in [5, 5.41) is 0. The molecule has 8 heteroatoms. The lowest BCUT2D eigenvalue weighted by Crippen LogP contribution is -2.25. The van der Waals surface area contributed by atoms with Crippen molar-refractivity contribution in [2.45, 2.75) is 6.18 Å². The summed E-state index contributed by atoms with van der Waals surface area (Å²) < 4.78 is 45.3. The molecule has 2 rings (SSSR count). The summed E-state index contributed by atoms with van der Waals surface area (Å²) in [6, 6.07) is 3.58. The van der Waals surface area contributed by atoms with Gasteiger partial charge in [-0.1, -0.05) is 6.07 Å². The number of hydrogen-bond acceptors (Lipinski definition) is 4. The van der Waals surface area contributed by atoms with Gasteiger partial charge in [0.1, 0.15) is 17.6 Å². The van der Waals surface area contributed by atoms with E-state index < -0.39 is 29.0 Å². The largest absolute Gasteiger partial charge is 0.453 e. The molecule has 0 aliphatic heterocycles. The molecule has 0 bridgehead atoms. The molecule has 5 nitrogen and oxygen atoms in total. The quantitative estimate of drug-likeness (QED) is 0.874. The summed E-state index contributed by atoms with van der Waals surface area (Å²) in [6.07, 6.45) is -1.06. The molecule has 1 amide bonds. The van der Waals surface area contributed by atoms with Crippen LogP contribution in [0.1, 0.15) is 15.9 Å². The monoisotopic (exact) mass is 311 g/mol. The summed E-state index contributed by atoms with van der Waals surface area (Å²) in [5.74, 6) is -1.19. The third-order valence-corrected chi connectivity index (χ3v) is 2.71. The number of carbonyl (C=O) groups is 1. The molecule has 1 aromatic carbocycles. The molecule has 116 valence electrons. The SMILES string of the molecule is CN(C)C(=O)c1cccc(Oc2cncnc2)c1C(F)(F)F. The summed E-state index contributed by atoms with van der Waals surface area (Å²) in [7, 11) is 2.75. The number of benzene rings is 1. The summed E-state index contributed by atoms with van der Waals surface area (Å²) >= 11 is 0. The van der Waals surface area contributed by atoms with Gasteiger partial charge in [0, 0.05) is 14.1 Å². The molecular formula is C14H12F3N3O2. The number of rotatable bonds is 3. The van der Waals surface area contributed by atoms with E-state index in [0.29, 0.717) is 0 Å². The molecule has 22 heavy (non-hydrogen) atoms. The van der Waals surface area contributed by atoms with E-state index in [1.807, 2.05) is 0 Å². The van der Waals surface area contributed by atoms with Crippen LogP contribution in [0.4, 0.5) is 13.2 Å². The molecule has 0 aliphatic carbocycles. The van der Waals surface area contributed by atoms with Crippen molar-refractivity contribution in [1.29, 1.82) is 0 Å². The van der Waals surface area contributed by atoms with Crippen LogP contribution in [0.5, 0.6) is 11.5 Å². The van der Waals surface area contributed by atoms with E-state index in [0.717, 1.165) is 17.0 Å². The van der Waals surface area contributed by atoms with E-state index in [9.17, 15) is 18.0 Å². The van der Waals surface area contributed by atoms with Crippen LogP contribution in [0.2, 0.25) is 0 Å². The van der Waals surface area contributed by atoms with Gasteiger partial charge in [-0.3, -0.25) is 4.79 Å². The predicted molar refractivity (Wildman–Crippen MR) is 71.6 cm³/mol.